The lowest BCUT2D eigenvalue weighted by atomic mass is 10.3. The van der Waals surface area contributed by atoms with Crippen LogP contribution in [-0.4, -0.2) is 27.3 Å². The molecule has 2 aromatic rings. The molecule has 0 aliphatic rings. The van der Waals surface area contributed by atoms with Crippen molar-refractivity contribution in [3.05, 3.63) is 40.6 Å². The number of H-pyrrole nitrogens is 1. The molecular weight excluding hydrogens is 248 g/mol. The summed E-state index contributed by atoms with van der Waals surface area (Å²) in [6, 6.07) is 6.93. The highest BCUT2D eigenvalue weighted by Gasteiger charge is 2.11. The minimum atomic E-state index is -0.471. The topological polar surface area (TPSA) is 89.0 Å². The molecule has 0 saturated heterocycles. The second kappa shape index (κ2) is 5.38. The van der Waals surface area contributed by atoms with Crippen molar-refractivity contribution in [2.24, 2.45) is 7.05 Å². The molecule has 1 aromatic carbocycles. The molecule has 0 unspecified atom stereocenters. The summed E-state index contributed by atoms with van der Waals surface area (Å²) in [5.41, 5.74) is 0.164. The summed E-state index contributed by atoms with van der Waals surface area (Å²) in [5, 5.41) is 6.39. The van der Waals surface area contributed by atoms with Crippen LogP contribution < -0.4 is 15.7 Å². The number of rotatable bonds is 4. The van der Waals surface area contributed by atoms with Gasteiger partial charge >= 0.3 is 5.69 Å². The third kappa shape index (κ3) is 3.01. The lowest BCUT2D eigenvalue weighted by Crippen LogP contribution is -2.15. The van der Waals surface area contributed by atoms with E-state index in [1.54, 1.807) is 24.3 Å². The van der Waals surface area contributed by atoms with Crippen molar-refractivity contribution < 1.29 is 9.53 Å². The molecule has 0 atom stereocenters. The number of hydrogen-bond donors (Lipinski definition) is 2. The van der Waals surface area contributed by atoms with Crippen LogP contribution in [0.2, 0.25) is 0 Å². The van der Waals surface area contributed by atoms with Gasteiger partial charge in [-0.2, -0.15) is 0 Å². The molecule has 2 N–H and O–H groups in total. The molecule has 1 aromatic heterocycles. The average molecular weight is 262 g/mol. The number of nitrogens with one attached hydrogen (secondary N) is 2. The molecule has 100 valence electrons. The van der Waals surface area contributed by atoms with E-state index < -0.39 is 11.6 Å². The van der Waals surface area contributed by atoms with Crippen LogP contribution in [0.1, 0.15) is 17.5 Å². The zero-order chi connectivity index (χ0) is 13.8. The summed E-state index contributed by atoms with van der Waals surface area (Å²) >= 11 is 0. The van der Waals surface area contributed by atoms with Crippen LogP contribution in [0.3, 0.4) is 0 Å². The second-order valence-corrected chi connectivity index (χ2v) is 3.81. The van der Waals surface area contributed by atoms with E-state index in [0.29, 0.717) is 12.3 Å². The van der Waals surface area contributed by atoms with Crippen LogP contribution in [0.15, 0.2) is 29.1 Å². The number of carbonyl (C=O) groups excluding carboxylic acids is 1. The van der Waals surface area contributed by atoms with Gasteiger partial charge in [-0.05, 0) is 31.2 Å². The van der Waals surface area contributed by atoms with Gasteiger partial charge in [-0.1, -0.05) is 0 Å². The highest BCUT2D eigenvalue weighted by atomic mass is 16.5. The van der Waals surface area contributed by atoms with Gasteiger partial charge in [0.1, 0.15) is 5.75 Å². The van der Waals surface area contributed by atoms with Crippen molar-refractivity contribution in [1.29, 1.82) is 0 Å². The van der Waals surface area contributed by atoms with Gasteiger partial charge in [0.25, 0.3) is 5.91 Å². The number of ether oxygens (including phenoxy) is 1. The molecule has 0 fully saturated rings. The van der Waals surface area contributed by atoms with Crippen LogP contribution >= 0.6 is 0 Å². The fraction of sp³-hybridized carbons (Fsp3) is 0.250. The van der Waals surface area contributed by atoms with Gasteiger partial charge in [-0.25, -0.2) is 9.48 Å². The molecular formula is C12H14N4O3. The first-order valence-corrected chi connectivity index (χ1v) is 5.77. The molecule has 0 saturated carbocycles. The lowest BCUT2D eigenvalue weighted by Gasteiger charge is -2.05. The standard InChI is InChI=1S/C12H14N4O3/c1-3-19-9-6-4-8(5-7-9)13-11(17)10-14-12(18)16(2)15-10/h4-7H,3H2,1-2H3,(H,13,17)(H,14,15,18). The Morgan fingerprint density at radius 2 is 2.11 bits per heavy atom. The molecule has 0 aliphatic carbocycles. The van der Waals surface area contributed by atoms with Gasteiger partial charge < -0.3 is 10.1 Å². The Morgan fingerprint density at radius 3 is 2.63 bits per heavy atom. The van der Waals surface area contributed by atoms with E-state index >= 15 is 0 Å². The zero-order valence-corrected chi connectivity index (χ0v) is 10.6. The molecule has 7 nitrogen and oxygen atoms in total. The lowest BCUT2D eigenvalue weighted by molar-refractivity contribution is 0.101. The first kappa shape index (κ1) is 12.9. The van der Waals surface area contributed by atoms with Crippen molar-refractivity contribution in [3.63, 3.8) is 0 Å². The molecule has 0 radical (unpaired) electrons. The van der Waals surface area contributed by atoms with Crippen LogP contribution in [0.5, 0.6) is 5.75 Å². The second-order valence-electron chi connectivity index (χ2n) is 3.81. The number of anilines is 1. The molecule has 2 rings (SSSR count). The molecule has 7 heteroatoms. The van der Waals surface area contributed by atoms with Gasteiger partial charge in [0.05, 0.1) is 6.61 Å². The first-order chi connectivity index (χ1) is 9.10. The van der Waals surface area contributed by atoms with Crippen molar-refractivity contribution >= 4 is 11.6 Å². The van der Waals surface area contributed by atoms with E-state index in [2.05, 4.69) is 15.4 Å². The fourth-order valence-corrected chi connectivity index (χ4v) is 1.50. The first-order valence-electron chi connectivity index (χ1n) is 5.77. The Balaban J connectivity index is 2.08. The maximum Gasteiger partial charge on any atom is 0.343 e. The summed E-state index contributed by atoms with van der Waals surface area (Å²) in [4.78, 5) is 25.3. The maximum atomic E-state index is 11.8. The van der Waals surface area contributed by atoms with Crippen LogP contribution in [0.4, 0.5) is 5.69 Å². The van der Waals surface area contributed by atoms with Crippen LogP contribution in [-0.2, 0) is 7.05 Å². The number of carbonyl (C=O) groups is 1. The van der Waals surface area contributed by atoms with Gasteiger partial charge in [-0.15, -0.1) is 5.10 Å². The molecule has 1 heterocycles. The van der Waals surface area contributed by atoms with Crippen LogP contribution in [0, 0.1) is 0 Å². The van der Waals surface area contributed by atoms with Crippen molar-refractivity contribution in [2.45, 2.75) is 6.92 Å². The summed E-state index contributed by atoms with van der Waals surface area (Å²) < 4.78 is 6.36. The number of aromatic amines is 1. The molecule has 1 amide bonds. The number of aromatic nitrogens is 3. The Labute approximate surface area is 109 Å². The Bertz CT molecular complexity index is 627. The minimum absolute atomic E-state index is 0.0265. The van der Waals surface area contributed by atoms with E-state index in [0.717, 1.165) is 10.4 Å². The number of nitrogens with zero attached hydrogens (tertiary/aromatic N) is 2. The zero-order valence-electron chi connectivity index (χ0n) is 10.6. The highest BCUT2D eigenvalue weighted by Crippen LogP contribution is 2.15. The monoisotopic (exact) mass is 262 g/mol. The van der Waals surface area contributed by atoms with Gasteiger partial charge in [0.2, 0.25) is 5.82 Å². The number of hydrogen-bond acceptors (Lipinski definition) is 4. The van der Waals surface area contributed by atoms with E-state index in [1.807, 2.05) is 6.92 Å². The summed E-state index contributed by atoms with van der Waals surface area (Å²) in [7, 11) is 1.46. The SMILES string of the molecule is CCOc1ccc(NC(=O)c2nn(C)c(=O)[nH]2)cc1. The normalized spacial score (nSPS) is 10.2. The van der Waals surface area contributed by atoms with Gasteiger partial charge in [0, 0.05) is 12.7 Å². The minimum Gasteiger partial charge on any atom is -0.494 e. The van der Waals surface area contributed by atoms with Gasteiger partial charge in [-0.3, -0.25) is 9.78 Å². The number of aryl methyl sites for hydroxylation is 1. The molecule has 0 spiro atoms. The van der Waals surface area contributed by atoms with Crippen molar-refractivity contribution in [1.82, 2.24) is 14.8 Å². The average Bonchev–Trinajstić information content (AvgIpc) is 2.72. The third-order valence-electron chi connectivity index (χ3n) is 2.41. The summed E-state index contributed by atoms with van der Waals surface area (Å²) in [5.74, 6) is 0.231. The Kier molecular flexibility index (Phi) is 3.65. The Morgan fingerprint density at radius 1 is 1.42 bits per heavy atom. The summed E-state index contributed by atoms with van der Waals surface area (Å²) in [6.45, 7) is 2.48. The smallest absolute Gasteiger partial charge is 0.343 e. The highest BCUT2D eigenvalue weighted by molar-refractivity contribution is 6.01. The maximum absolute atomic E-state index is 11.8. The number of benzene rings is 1. The van der Waals surface area contributed by atoms with E-state index in [9.17, 15) is 9.59 Å². The Hall–Kier alpha value is -2.57. The van der Waals surface area contributed by atoms with Crippen molar-refractivity contribution in [3.8, 4) is 5.75 Å². The third-order valence-corrected chi connectivity index (χ3v) is 2.41. The molecule has 19 heavy (non-hydrogen) atoms. The summed E-state index contributed by atoms with van der Waals surface area (Å²) in [6.07, 6.45) is 0. The molecule has 0 aliphatic heterocycles. The van der Waals surface area contributed by atoms with Crippen LogP contribution in [0.25, 0.3) is 0 Å². The van der Waals surface area contributed by atoms with E-state index in [-0.39, 0.29) is 5.82 Å². The predicted octanol–water partition coefficient (Wildman–Crippen LogP) is 0.759. The quantitative estimate of drug-likeness (QED) is 0.851. The van der Waals surface area contributed by atoms with Gasteiger partial charge in [0.15, 0.2) is 0 Å². The van der Waals surface area contributed by atoms with E-state index in [1.165, 1.54) is 7.05 Å². The largest absolute Gasteiger partial charge is 0.494 e. The van der Waals surface area contributed by atoms with E-state index in [4.69, 9.17) is 4.74 Å². The molecule has 0 bridgehead atoms. The van der Waals surface area contributed by atoms with Crippen molar-refractivity contribution in [2.75, 3.05) is 11.9 Å². The fourth-order valence-electron chi connectivity index (χ4n) is 1.50. The number of amides is 1. The predicted molar refractivity (Wildman–Crippen MR) is 69.4 cm³/mol.